The summed E-state index contributed by atoms with van der Waals surface area (Å²) in [6.07, 6.45) is 1.14. The summed E-state index contributed by atoms with van der Waals surface area (Å²) in [4.78, 5) is 14.6. The zero-order valence-electron chi connectivity index (χ0n) is 13.6. The fourth-order valence-corrected chi connectivity index (χ4v) is 3.89. The van der Waals surface area contributed by atoms with E-state index in [9.17, 15) is 13.2 Å². The minimum absolute atomic E-state index is 0.0211. The average molecular weight is 324 g/mol. The SMILES string of the molecule is C[C@H]1C[C@H](C)CN(C(=O)c2ccc(S(=O)(=O)N(C)C)cc2)C1. The Kier molecular flexibility index (Phi) is 4.92. The van der Waals surface area contributed by atoms with Crippen LogP contribution in [0.4, 0.5) is 0 Å². The van der Waals surface area contributed by atoms with Crippen LogP contribution in [0.15, 0.2) is 29.2 Å². The largest absolute Gasteiger partial charge is 0.338 e. The summed E-state index contributed by atoms with van der Waals surface area (Å²) in [5, 5.41) is 0. The van der Waals surface area contributed by atoms with Crippen LogP contribution in [0.25, 0.3) is 0 Å². The van der Waals surface area contributed by atoms with Gasteiger partial charge in [0.15, 0.2) is 0 Å². The van der Waals surface area contributed by atoms with E-state index < -0.39 is 10.0 Å². The lowest BCUT2D eigenvalue weighted by atomic mass is 9.91. The zero-order valence-corrected chi connectivity index (χ0v) is 14.4. The molecule has 1 aromatic rings. The number of hydrogen-bond acceptors (Lipinski definition) is 3. The molecule has 1 amide bonds. The van der Waals surface area contributed by atoms with Crippen molar-refractivity contribution in [3.8, 4) is 0 Å². The first-order valence-corrected chi connectivity index (χ1v) is 8.97. The van der Waals surface area contributed by atoms with E-state index in [1.807, 2.05) is 4.90 Å². The minimum Gasteiger partial charge on any atom is -0.338 e. The summed E-state index contributed by atoms with van der Waals surface area (Å²) in [5.74, 6) is 0.981. The molecule has 5 nitrogen and oxygen atoms in total. The third kappa shape index (κ3) is 3.50. The highest BCUT2D eigenvalue weighted by Gasteiger charge is 2.26. The van der Waals surface area contributed by atoms with Crippen molar-refractivity contribution in [1.82, 2.24) is 9.21 Å². The third-order valence-electron chi connectivity index (χ3n) is 4.04. The number of benzene rings is 1. The quantitative estimate of drug-likeness (QED) is 0.855. The first-order chi connectivity index (χ1) is 10.2. The number of carbonyl (C=O) groups is 1. The monoisotopic (exact) mass is 324 g/mol. The molecule has 2 atom stereocenters. The van der Waals surface area contributed by atoms with Crippen molar-refractivity contribution in [3.05, 3.63) is 29.8 Å². The number of sulfonamides is 1. The highest BCUT2D eigenvalue weighted by atomic mass is 32.2. The van der Waals surface area contributed by atoms with Gasteiger partial charge in [-0.15, -0.1) is 0 Å². The topological polar surface area (TPSA) is 57.7 Å². The Balaban J connectivity index is 2.18. The standard InChI is InChI=1S/C16H24N2O3S/c1-12-9-13(2)11-18(10-12)16(19)14-5-7-15(8-6-14)22(20,21)17(3)4/h5-8,12-13H,9-11H2,1-4H3/t12-,13-/m0/s1. The van der Waals surface area contributed by atoms with Crippen LogP contribution in [0.3, 0.4) is 0 Å². The van der Waals surface area contributed by atoms with Gasteiger partial charge in [-0.2, -0.15) is 0 Å². The van der Waals surface area contributed by atoms with Crippen molar-refractivity contribution in [1.29, 1.82) is 0 Å². The molecule has 1 aliphatic heterocycles. The summed E-state index contributed by atoms with van der Waals surface area (Å²) in [6, 6.07) is 6.20. The Labute approximate surface area is 133 Å². The molecule has 1 aliphatic rings. The number of amides is 1. The molecule has 22 heavy (non-hydrogen) atoms. The molecular weight excluding hydrogens is 300 g/mol. The van der Waals surface area contributed by atoms with Gasteiger partial charge in [0.1, 0.15) is 0 Å². The summed E-state index contributed by atoms with van der Waals surface area (Å²) >= 11 is 0. The van der Waals surface area contributed by atoms with E-state index in [2.05, 4.69) is 13.8 Å². The maximum Gasteiger partial charge on any atom is 0.253 e. The normalized spacial score (nSPS) is 22.9. The molecule has 1 aromatic carbocycles. The molecule has 6 heteroatoms. The predicted octanol–water partition coefficient (Wildman–Crippen LogP) is 2.05. The fraction of sp³-hybridized carbons (Fsp3) is 0.562. The van der Waals surface area contributed by atoms with Gasteiger partial charge in [-0.05, 0) is 42.5 Å². The van der Waals surface area contributed by atoms with Crippen molar-refractivity contribution in [2.45, 2.75) is 25.2 Å². The van der Waals surface area contributed by atoms with Gasteiger partial charge in [0.25, 0.3) is 5.91 Å². The molecule has 1 saturated heterocycles. The van der Waals surface area contributed by atoms with Gasteiger partial charge in [-0.3, -0.25) is 4.79 Å². The van der Waals surface area contributed by atoms with Crippen LogP contribution in [0.2, 0.25) is 0 Å². The molecule has 0 radical (unpaired) electrons. The Hall–Kier alpha value is -1.40. The lowest BCUT2D eigenvalue weighted by Crippen LogP contribution is -2.42. The molecule has 0 spiro atoms. The molecular formula is C16H24N2O3S. The van der Waals surface area contributed by atoms with Gasteiger partial charge in [-0.1, -0.05) is 13.8 Å². The van der Waals surface area contributed by atoms with Crippen LogP contribution in [-0.4, -0.2) is 50.7 Å². The Morgan fingerprint density at radius 3 is 2.05 bits per heavy atom. The molecule has 2 rings (SSSR count). The van der Waals surface area contributed by atoms with Crippen molar-refractivity contribution in [2.24, 2.45) is 11.8 Å². The molecule has 122 valence electrons. The smallest absolute Gasteiger partial charge is 0.253 e. The number of rotatable bonds is 3. The predicted molar refractivity (Wildman–Crippen MR) is 86.2 cm³/mol. The van der Waals surface area contributed by atoms with E-state index >= 15 is 0 Å². The van der Waals surface area contributed by atoms with Crippen molar-refractivity contribution < 1.29 is 13.2 Å². The zero-order chi connectivity index (χ0) is 16.5. The molecule has 0 aromatic heterocycles. The number of nitrogens with zero attached hydrogens (tertiary/aromatic N) is 2. The number of piperidine rings is 1. The molecule has 0 saturated carbocycles. The van der Waals surface area contributed by atoms with Crippen molar-refractivity contribution >= 4 is 15.9 Å². The summed E-state index contributed by atoms with van der Waals surface area (Å²) in [6.45, 7) is 5.84. The molecule has 1 heterocycles. The number of carbonyl (C=O) groups excluding carboxylic acids is 1. The highest BCUT2D eigenvalue weighted by molar-refractivity contribution is 7.89. The molecule has 0 N–H and O–H groups in total. The van der Waals surface area contributed by atoms with Crippen LogP contribution >= 0.6 is 0 Å². The van der Waals surface area contributed by atoms with Crippen molar-refractivity contribution in [2.75, 3.05) is 27.2 Å². The second-order valence-electron chi connectivity index (χ2n) is 6.47. The van der Waals surface area contributed by atoms with Crippen LogP contribution < -0.4 is 0 Å². The number of likely N-dealkylation sites (tertiary alicyclic amines) is 1. The third-order valence-corrected chi connectivity index (χ3v) is 5.87. The van der Waals surface area contributed by atoms with Crippen LogP contribution in [0.5, 0.6) is 0 Å². The van der Waals surface area contributed by atoms with Gasteiger partial charge in [0.2, 0.25) is 10.0 Å². The van der Waals surface area contributed by atoms with E-state index in [-0.39, 0.29) is 10.8 Å². The van der Waals surface area contributed by atoms with Crippen LogP contribution in [0, 0.1) is 11.8 Å². The molecule has 0 aliphatic carbocycles. The average Bonchev–Trinajstić information content (AvgIpc) is 2.45. The Bertz CT molecular complexity index is 628. The van der Waals surface area contributed by atoms with E-state index in [4.69, 9.17) is 0 Å². The van der Waals surface area contributed by atoms with E-state index in [1.54, 1.807) is 12.1 Å². The van der Waals surface area contributed by atoms with E-state index in [1.165, 1.54) is 26.2 Å². The summed E-state index contributed by atoms with van der Waals surface area (Å²) in [5.41, 5.74) is 0.541. The van der Waals surface area contributed by atoms with Gasteiger partial charge in [0.05, 0.1) is 4.90 Å². The van der Waals surface area contributed by atoms with E-state index in [0.29, 0.717) is 17.4 Å². The summed E-state index contributed by atoms with van der Waals surface area (Å²) < 4.78 is 25.2. The second-order valence-corrected chi connectivity index (χ2v) is 8.62. The molecule has 0 unspecified atom stereocenters. The summed E-state index contributed by atoms with van der Waals surface area (Å²) in [7, 11) is -0.471. The first kappa shape index (κ1) is 17.0. The van der Waals surface area contributed by atoms with Crippen LogP contribution in [0.1, 0.15) is 30.6 Å². The maximum atomic E-state index is 12.6. The highest BCUT2D eigenvalue weighted by Crippen LogP contribution is 2.23. The molecule has 0 bridgehead atoms. The van der Waals surface area contributed by atoms with E-state index in [0.717, 1.165) is 23.8 Å². The van der Waals surface area contributed by atoms with Gasteiger partial charge in [0, 0.05) is 32.7 Å². The van der Waals surface area contributed by atoms with Gasteiger partial charge < -0.3 is 4.90 Å². The van der Waals surface area contributed by atoms with Crippen LogP contribution in [-0.2, 0) is 10.0 Å². The molecule has 1 fully saturated rings. The van der Waals surface area contributed by atoms with Gasteiger partial charge >= 0.3 is 0 Å². The first-order valence-electron chi connectivity index (χ1n) is 7.53. The Morgan fingerprint density at radius 2 is 1.59 bits per heavy atom. The fourth-order valence-electron chi connectivity index (χ4n) is 2.99. The lowest BCUT2D eigenvalue weighted by molar-refractivity contribution is 0.0623. The number of hydrogen-bond donors (Lipinski definition) is 0. The maximum absolute atomic E-state index is 12.6. The minimum atomic E-state index is -3.45. The lowest BCUT2D eigenvalue weighted by Gasteiger charge is -2.35. The second kappa shape index (κ2) is 6.38. The van der Waals surface area contributed by atoms with Gasteiger partial charge in [-0.25, -0.2) is 12.7 Å². The Morgan fingerprint density at radius 1 is 1.09 bits per heavy atom. The van der Waals surface area contributed by atoms with Crippen molar-refractivity contribution in [3.63, 3.8) is 0 Å².